The Morgan fingerprint density at radius 3 is 1.79 bits per heavy atom. The van der Waals surface area contributed by atoms with E-state index >= 15 is 0 Å². The highest BCUT2D eigenvalue weighted by Crippen LogP contribution is 2.14. The van der Waals surface area contributed by atoms with Crippen LogP contribution >= 0.6 is 23.2 Å². The lowest BCUT2D eigenvalue weighted by molar-refractivity contribution is 0.610. The molecule has 2 aromatic carbocycles. The van der Waals surface area contributed by atoms with Crippen molar-refractivity contribution in [1.82, 2.24) is 0 Å². The summed E-state index contributed by atoms with van der Waals surface area (Å²) in [4.78, 5) is 0. The number of rotatable bonds is 5. The summed E-state index contributed by atoms with van der Waals surface area (Å²) in [5.74, 6) is 0. The van der Waals surface area contributed by atoms with Gasteiger partial charge < -0.3 is 5.73 Å². The summed E-state index contributed by atoms with van der Waals surface area (Å²) in [6.45, 7) is 0. The topological polar surface area (TPSA) is 26.0 Å². The van der Waals surface area contributed by atoms with Gasteiger partial charge in [-0.2, -0.15) is 0 Å². The Kier molecular flexibility index (Phi) is 5.26. The summed E-state index contributed by atoms with van der Waals surface area (Å²) >= 11 is 11.7. The van der Waals surface area contributed by atoms with E-state index < -0.39 is 0 Å². The molecule has 19 heavy (non-hydrogen) atoms. The molecule has 1 atom stereocenters. The highest BCUT2D eigenvalue weighted by atomic mass is 35.5. The fourth-order valence-corrected chi connectivity index (χ4v) is 2.28. The molecule has 3 heteroatoms. The summed E-state index contributed by atoms with van der Waals surface area (Å²) in [5.41, 5.74) is 8.67. The average Bonchev–Trinajstić information content (AvgIpc) is 2.41. The first-order valence-electron chi connectivity index (χ1n) is 6.38. The number of nitrogens with two attached hydrogens (primary N) is 1. The first-order valence-corrected chi connectivity index (χ1v) is 7.13. The molecule has 0 aromatic heterocycles. The van der Waals surface area contributed by atoms with E-state index in [-0.39, 0.29) is 6.04 Å². The minimum Gasteiger partial charge on any atom is -0.327 e. The van der Waals surface area contributed by atoms with Gasteiger partial charge >= 0.3 is 0 Å². The van der Waals surface area contributed by atoms with E-state index in [9.17, 15) is 0 Å². The second-order valence-corrected chi connectivity index (χ2v) is 5.63. The van der Waals surface area contributed by atoms with Crippen molar-refractivity contribution < 1.29 is 0 Å². The largest absolute Gasteiger partial charge is 0.327 e. The van der Waals surface area contributed by atoms with Crippen LogP contribution in [-0.4, -0.2) is 6.04 Å². The van der Waals surface area contributed by atoms with Gasteiger partial charge in [-0.3, -0.25) is 0 Å². The molecule has 0 radical (unpaired) electrons. The fourth-order valence-electron chi connectivity index (χ4n) is 2.03. The van der Waals surface area contributed by atoms with E-state index in [0.29, 0.717) is 0 Å². The molecular formula is C16H17Cl2N. The zero-order valence-electron chi connectivity index (χ0n) is 10.7. The molecule has 0 heterocycles. The third-order valence-electron chi connectivity index (χ3n) is 3.13. The number of benzene rings is 2. The summed E-state index contributed by atoms with van der Waals surface area (Å²) in [6, 6.07) is 16.0. The highest BCUT2D eigenvalue weighted by Gasteiger charge is 2.05. The molecule has 0 aliphatic heterocycles. The van der Waals surface area contributed by atoms with Gasteiger partial charge in [0.1, 0.15) is 0 Å². The molecule has 0 saturated heterocycles. The Morgan fingerprint density at radius 2 is 1.26 bits per heavy atom. The van der Waals surface area contributed by atoms with Gasteiger partial charge in [-0.25, -0.2) is 0 Å². The highest BCUT2D eigenvalue weighted by molar-refractivity contribution is 6.30. The van der Waals surface area contributed by atoms with Gasteiger partial charge in [0.25, 0.3) is 0 Å². The summed E-state index contributed by atoms with van der Waals surface area (Å²) < 4.78 is 0. The predicted octanol–water partition coefficient (Wildman–Crippen LogP) is 4.50. The molecule has 0 bridgehead atoms. The molecule has 0 saturated carbocycles. The van der Waals surface area contributed by atoms with Crippen molar-refractivity contribution in [3.8, 4) is 0 Å². The fraction of sp³-hybridized carbons (Fsp3) is 0.250. The monoisotopic (exact) mass is 293 g/mol. The number of aryl methyl sites for hydroxylation is 1. The number of hydrogen-bond acceptors (Lipinski definition) is 1. The van der Waals surface area contributed by atoms with Crippen molar-refractivity contribution in [3.05, 3.63) is 69.7 Å². The standard InChI is InChI=1S/C16H17Cl2N/c17-14-6-1-12(2-7-14)5-10-16(19)11-13-3-8-15(18)9-4-13/h1-4,6-9,16H,5,10-11,19H2. The van der Waals surface area contributed by atoms with Crippen LogP contribution in [0.15, 0.2) is 48.5 Å². The minimum absolute atomic E-state index is 0.164. The first kappa shape index (κ1) is 14.4. The van der Waals surface area contributed by atoms with E-state index in [0.717, 1.165) is 29.3 Å². The Hall–Kier alpha value is -1.02. The van der Waals surface area contributed by atoms with Crippen molar-refractivity contribution in [1.29, 1.82) is 0 Å². The normalized spacial score (nSPS) is 12.4. The van der Waals surface area contributed by atoms with Crippen molar-refractivity contribution in [2.75, 3.05) is 0 Å². The van der Waals surface area contributed by atoms with Crippen LogP contribution in [0.3, 0.4) is 0 Å². The second-order valence-electron chi connectivity index (χ2n) is 4.76. The van der Waals surface area contributed by atoms with Crippen LogP contribution in [0.2, 0.25) is 10.0 Å². The van der Waals surface area contributed by atoms with E-state index in [2.05, 4.69) is 12.1 Å². The molecule has 0 aliphatic carbocycles. The van der Waals surface area contributed by atoms with Crippen LogP contribution in [0.25, 0.3) is 0 Å². The molecule has 1 unspecified atom stereocenters. The second kappa shape index (κ2) is 6.95. The zero-order valence-corrected chi connectivity index (χ0v) is 12.2. The molecule has 0 spiro atoms. The lowest BCUT2D eigenvalue weighted by Crippen LogP contribution is -2.23. The van der Waals surface area contributed by atoms with Gasteiger partial charge in [0, 0.05) is 16.1 Å². The third-order valence-corrected chi connectivity index (χ3v) is 3.63. The van der Waals surface area contributed by atoms with Crippen LogP contribution in [0, 0.1) is 0 Å². The lowest BCUT2D eigenvalue weighted by Gasteiger charge is -2.11. The van der Waals surface area contributed by atoms with Crippen LogP contribution < -0.4 is 5.73 Å². The van der Waals surface area contributed by atoms with E-state index in [1.54, 1.807) is 0 Å². The van der Waals surface area contributed by atoms with Crippen LogP contribution in [0.5, 0.6) is 0 Å². The molecule has 0 aliphatic rings. The van der Waals surface area contributed by atoms with E-state index in [1.807, 2.05) is 36.4 Å². The van der Waals surface area contributed by atoms with Gasteiger partial charge in [-0.1, -0.05) is 47.5 Å². The van der Waals surface area contributed by atoms with Crippen LogP contribution in [-0.2, 0) is 12.8 Å². The van der Waals surface area contributed by atoms with Crippen molar-refractivity contribution >= 4 is 23.2 Å². The molecular weight excluding hydrogens is 277 g/mol. The summed E-state index contributed by atoms with van der Waals surface area (Å²) in [7, 11) is 0. The van der Waals surface area contributed by atoms with Crippen molar-refractivity contribution in [3.63, 3.8) is 0 Å². The van der Waals surface area contributed by atoms with Gasteiger partial charge in [0.2, 0.25) is 0 Å². The Balaban J connectivity index is 1.82. The average molecular weight is 294 g/mol. The minimum atomic E-state index is 0.164. The van der Waals surface area contributed by atoms with E-state index in [1.165, 1.54) is 11.1 Å². The predicted molar refractivity (Wildman–Crippen MR) is 82.9 cm³/mol. The van der Waals surface area contributed by atoms with Crippen molar-refractivity contribution in [2.45, 2.75) is 25.3 Å². The van der Waals surface area contributed by atoms with Gasteiger partial charge in [0.05, 0.1) is 0 Å². The lowest BCUT2D eigenvalue weighted by atomic mass is 10.00. The number of halogens is 2. The Morgan fingerprint density at radius 1 is 0.789 bits per heavy atom. The molecule has 0 fully saturated rings. The maximum atomic E-state index is 6.16. The molecule has 0 amide bonds. The summed E-state index contributed by atoms with van der Waals surface area (Å²) in [6.07, 6.45) is 2.82. The molecule has 2 N–H and O–H groups in total. The SMILES string of the molecule is NC(CCc1ccc(Cl)cc1)Cc1ccc(Cl)cc1. The van der Waals surface area contributed by atoms with Gasteiger partial charge in [-0.05, 0) is 54.7 Å². The molecule has 1 nitrogen and oxygen atoms in total. The van der Waals surface area contributed by atoms with Crippen molar-refractivity contribution in [2.24, 2.45) is 5.73 Å². The van der Waals surface area contributed by atoms with Gasteiger partial charge in [-0.15, -0.1) is 0 Å². The quantitative estimate of drug-likeness (QED) is 0.863. The smallest absolute Gasteiger partial charge is 0.0406 e. The molecule has 2 rings (SSSR count). The van der Waals surface area contributed by atoms with Gasteiger partial charge in [0.15, 0.2) is 0 Å². The maximum Gasteiger partial charge on any atom is 0.0406 e. The van der Waals surface area contributed by atoms with E-state index in [4.69, 9.17) is 28.9 Å². The number of hydrogen-bond donors (Lipinski definition) is 1. The maximum absolute atomic E-state index is 6.16. The Labute approximate surface area is 124 Å². The molecule has 2 aromatic rings. The van der Waals surface area contributed by atoms with Crippen LogP contribution in [0.4, 0.5) is 0 Å². The Bertz CT molecular complexity index is 505. The van der Waals surface area contributed by atoms with Crippen LogP contribution in [0.1, 0.15) is 17.5 Å². The summed E-state index contributed by atoms with van der Waals surface area (Å²) in [5, 5.41) is 1.53. The zero-order chi connectivity index (χ0) is 13.7. The first-order chi connectivity index (χ1) is 9.13. The molecule has 100 valence electrons. The third kappa shape index (κ3) is 4.87.